The van der Waals surface area contributed by atoms with Crippen LogP contribution < -0.4 is 5.32 Å². The van der Waals surface area contributed by atoms with Crippen LogP contribution >= 0.6 is 46.6 Å². The molecule has 0 atom stereocenters. The van der Waals surface area contributed by atoms with E-state index in [1.165, 1.54) is 18.1 Å². The van der Waals surface area contributed by atoms with Gasteiger partial charge in [0.25, 0.3) is 0 Å². The SMILES string of the molecule is O=C(CSc1ncnc2c1cnn2-c1ccc(Cl)cc1)Nc1ccc(Cl)c(Cl)c1. The monoisotopic (exact) mass is 463 g/mol. The van der Waals surface area contributed by atoms with Gasteiger partial charge < -0.3 is 5.32 Å². The Morgan fingerprint density at radius 2 is 1.83 bits per heavy atom. The fourth-order valence-corrected chi connectivity index (χ4v) is 3.80. The highest BCUT2D eigenvalue weighted by atomic mass is 35.5. The van der Waals surface area contributed by atoms with E-state index >= 15 is 0 Å². The first kappa shape index (κ1) is 20.0. The van der Waals surface area contributed by atoms with Crippen molar-refractivity contribution in [2.75, 3.05) is 11.1 Å². The average Bonchev–Trinajstić information content (AvgIpc) is 3.14. The van der Waals surface area contributed by atoms with Crippen LogP contribution in [0, 0.1) is 0 Å². The molecule has 0 fully saturated rings. The van der Waals surface area contributed by atoms with Crippen molar-refractivity contribution >= 4 is 69.2 Å². The minimum absolute atomic E-state index is 0.165. The van der Waals surface area contributed by atoms with Gasteiger partial charge in [-0.3, -0.25) is 4.79 Å². The smallest absolute Gasteiger partial charge is 0.234 e. The van der Waals surface area contributed by atoms with Crippen molar-refractivity contribution in [3.8, 4) is 5.69 Å². The predicted molar refractivity (Wildman–Crippen MR) is 117 cm³/mol. The molecule has 2 aromatic heterocycles. The first-order valence-corrected chi connectivity index (χ1v) is 10.5. The van der Waals surface area contributed by atoms with Gasteiger partial charge in [0.1, 0.15) is 11.4 Å². The highest BCUT2D eigenvalue weighted by molar-refractivity contribution is 8.00. The number of carbonyl (C=O) groups is 1. The minimum atomic E-state index is -0.190. The topological polar surface area (TPSA) is 72.7 Å². The van der Waals surface area contributed by atoms with Crippen LogP contribution in [-0.2, 0) is 4.79 Å². The lowest BCUT2D eigenvalue weighted by atomic mass is 10.3. The van der Waals surface area contributed by atoms with Crippen LogP contribution in [0.25, 0.3) is 16.7 Å². The van der Waals surface area contributed by atoms with E-state index in [0.29, 0.717) is 31.4 Å². The van der Waals surface area contributed by atoms with Crippen molar-refractivity contribution in [2.24, 2.45) is 0 Å². The number of amides is 1. The van der Waals surface area contributed by atoms with Gasteiger partial charge in [-0.2, -0.15) is 5.10 Å². The van der Waals surface area contributed by atoms with Gasteiger partial charge in [0.2, 0.25) is 5.91 Å². The van der Waals surface area contributed by atoms with Crippen LogP contribution in [0.5, 0.6) is 0 Å². The van der Waals surface area contributed by atoms with E-state index < -0.39 is 0 Å². The normalized spacial score (nSPS) is 11.0. The zero-order valence-corrected chi connectivity index (χ0v) is 17.7. The van der Waals surface area contributed by atoms with Crippen molar-refractivity contribution < 1.29 is 4.79 Å². The standard InChI is InChI=1S/C19H12Cl3N5OS/c20-11-1-4-13(5-2-11)27-18-14(8-25-27)19(24-10-23-18)29-9-17(28)26-12-3-6-15(21)16(22)7-12/h1-8,10H,9H2,(H,26,28). The lowest BCUT2D eigenvalue weighted by Gasteiger charge is -2.07. The number of fused-ring (bicyclic) bond motifs is 1. The van der Waals surface area contributed by atoms with E-state index in [1.54, 1.807) is 41.2 Å². The Balaban J connectivity index is 1.50. The molecular formula is C19H12Cl3N5OS. The van der Waals surface area contributed by atoms with Crippen LogP contribution in [0.3, 0.4) is 0 Å². The van der Waals surface area contributed by atoms with Crippen molar-refractivity contribution in [2.45, 2.75) is 5.03 Å². The quantitative estimate of drug-likeness (QED) is 0.311. The second kappa shape index (κ2) is 8.59. The molecule has 0 bridgehead atoms. The minimum Gasteiger partial charge on any atom is -0.325 e. The molecule has 0 aliphatic carbocycles. The maximum atomic E-state index is 12.3. The number of benzene rings is 2. The lowest BCUT2D eigenvalue weighted by molar-refractivity contribution is -0.113. The van der Waals surface area contributed by atoms with Crippen molar-refractivity contribution in [1.82, 2.24) is 19.7 Å². The predicted octanol–water partition coefficient (Wildman–Crippen LogP) is 5.51. The maximum absolute atomic E-state index is 12.3. The summed E-state index contributed by atoms with van der Waals surface area (Å²) in [5.41, 5.74) is 2.06. The summed E-state index contributed by atoms with van der Waals surface area (Å²) in [6.45, 7) is 0. The number of anilines is 1. The molecule has 146 valence electrons. The Morgan fingerprint density at radius 1 is 1.03 bits per heavy atom. The number of nitrogens with one attached hydrogen (secondary N) is 1. The number of halogens is 3. The molecule has 0 unspecified atom stereocenters. The van der Waals surface area contributed by atoms with Gasteiger partial charge in [-0.1, -0.05) is 46.6 Å². The van der Waals surface area contributed by atoms with Gasteiger partial charge in [-0.25, -0.2) is 14.6 Å². The summed E-state index contributed by atoms with van der Waals surface area (Å²) in [6, 6.07) is 12.2. The van der Waals surface area contributed by atoms with Crippen LogP contribution in [0.15, 0.2) is 60.0 Å². The highest BCUT2D eigenvalue weighted by Crippen LogP contribution is 2.27. The number of hydrogen-bond acceptors (Lipinski definition) is 5. The molecule has 6 nitrogen and oxygen atoms in total. The fraction of sp³-hybridized carbons (Fsp3) is 0.0526. The van der Waals surface area contributed by atoms with Crippen molar-refractivity contribution in [3.63, 3.8) is 0 Å². The molecule has 0 saturated carbocycles. The number of carbonyl (C=O) groups excluding carboxylic acids is 1. The Kier molecular flexibility index (Phi) is 5.91. The summed E-state index contributed by atoms with van der Waals surface area (Å²) in [5.74, 6) is -0.0244. The molecule has 0 radical (unpaired) electrons. The molecule has 0 saturated heterocycles. The van der Waals surface area contributed by atoms with Crippen molar-refractivity contribution in [1.29, 1.82) is 0 Å². The van der Waals surface area contributed by atoms with E-state index in [2.05, 4.69) is 20.4 Å². The molecule has 2 aromatic carbocycles. The molecule has 2 heterocycles. The molecule has 29 heavy (non-hydrogen) atoms. The third-order valence-corrected chi connectivity index (χ3v) is 5.94. The molecule has 0 aliphatic rings. The molecule has 0 aliphatic heterocycles. The second-order valence-corrected chi connectivity index (χ2v) is 8.13. The molecule has 0 spiro atoms. The Hall–Kier alpha value is -2.32. The molecule has 4 aromatic rings. The Morgan fingerprint density at radius 3 is 2.59 bits per heavy atom. The van der Waals surface area contributed by atoms with E-state index in [4.69, 9.17) is 34.8 Å². The molecule has 4 rings (SSSR count). The fourth-order valence-electron chi connectivity index (χ4n) is 2.61. The maximum Gasteiger partial charge on any atom is 0.234 e. The van der Waals surface area contributed by atoms with Gasteiger partial charge in [0, 0.05) is 10.7 Å². The first-order chi connectivity index (χ1) is 14.0. The van der Waals surface area contributed by atoms with Gasteiger partial charge in [0.15, 0.2) is 5.65 Å². The van der Waals surface area contributed by atoms with E-state index in [1.807, 2.05) is 12.1 Å². The number of nitrogens with zero attached hydrogens (tertiary/aromatic N) is 4. The highest BCUT2D eigenvalue weighted by Gasteiger charge is 2.13. The molecule has 1 N–H and O–H groups in total. The summed E-state index contributed by atoms with van der Waals surface area (Å²) >= 11 is 19.1. The average molecular weight is 465 g/mol. The van der Waals surface area contributed by atoms with E-state index in [0.717, 1.165) is 11.1 Å². The third kappa shape index (κ3) is 4.48. The third-order valence-electron chi connectivity index (χ3n) is 3.94. The van der Waals surface area contributed by atoms with E-state index in [9.17, 15) is 4.79 Å². The molecule has 10 heteroatoms. The Bertz CT molecular complexity index is 1200. The van der Waals surface area contributed by atoms with Crippen LogP contribution in [-0.4, -0.2) is 31.4 Å². The second-order valence-electron chi connectivity index (χ2n) is 5.91. The summed E-state index contributed by atoms with van der Waals surface area (Å²) < 4.78 is 1.70. The van der Waals surface area contributed by atoms with Gasteiger partial charge in [-0.05, 0) is 42.5 Å². The van der Waals surface area contributed by atoms with E-state index in [-0.39, 0.29) is 11.7 Å². The summed E-state index contributed by atoms with van der Waals surface area (Å²) in [7, 11) is 0. The Labute approximate surface area is 185 Å². The molecular weight excluding hydrogens is 453 g/mol. The van der Waals surface area contributed by atoms with Gasteiger partial charge in [0.05, 0.1) is 33.1 Å². The number of aromatic nitrogens is 4. The number of rotatable bonds is 5. The zero-order chi connectivity index (χ0) is 20.4. The summed E-state index contributed by atoms with van der Waals surface area (Å²) in [5, 5.41) is 10.1. The number of thioether (sulfide) groups is 1. The van der Waals surface area contributed by atoms with Crippen LogP contribution in [0.4, 0.5) is 5.69 Å². The zero-order valence-electron chi connectivity index (χ0n) is 14.6. The lowest BCUT2D eigenvalue weighted by Crippen LogP contribution is -2.14. The van der Waals surface area contributed by atoms with Gasteiger partial charge >= 0.3 is 0 Å². The summed E-state index contributed by atoms with van der Waals surface area (Å²) in [6.07, 6.45) is 3.14. The summed E-state index contributed by atoms with van der Waals surface area (Å²) in [4.78, 5) is 20.9. The van der Waals surface area contributed by atoms with Crippen LogP contribution in [0.2, 0.25) is 15.1 Å². The number of hydrogen-bond donors (Lipinski definition) is 1. The van der Waals surface area contributed by atoms with Crippen LogP contribution in [0.1, 0.15) is 0 Å². The largest absolute Gasteiger partial charge is 0.325 e. The molecule has 1 amide bonds. The van der Waals surface area contributed by atoms with Crippen molar-refractivity contribution in [3.05, 3.63) is 70.1 Å². The van der Waals surface area contributed by atoms with Gasteiger partial charge in [-0.15, -0.1) is 0 Å². The first-order valence-electron chi connectivity index (χ1n) is 8.33.